The van der Waals surface area contributed by atoms with E-state index in [1.807, 2.05) is 79.7 Å². The fraction of sp³-hybridized carbons (Fsp3) is 0.225. The molecular formula is C40H42N4O5S2. The van der Waals surface area contributed by atoms with Crippen LogP contribution in [0.4, 0.5) is 5.69 Å². The quantitative estimate of drug-likeness (QED) is 0.156. The van der Waals surface area contributed by atoms with Crippen LogP contribution in [-0.4, -0.2) is 55.9 Å². The van der Waals surface area contributed by atoms with Gasteiger partial charge in [0.15, 0.2) is 0 Å². The lowest BCUT2D eigenvalue weighted by atomic mass is 10.00. The number of sulfonamides is 2. The van der Waals surface area contributed by atoms with Gasteiger partial charge in [-0.25, -0.2) is 16.8 Å². The molecular weight excluding hydrogens is 681 g/mol. The van der Waals surface area contributed by atoms with Gasteiger partial charge in [-0.05, 0) is 65.6 Å². The molecule has 6 rings (SSSR count). The third-order valence-corrected chi connectivity index (χ3v) is 12.7. The Labute approximate surface area is 301 Å². The molecule has 0 aliphatic carbocycles. The molecule has 1 aliphatic heterocycles. The first-order chi connectivity index (χ1) is 24.5. The van der Waals surface area contributed by atoms with Gasteiger partial charge in [0, 0.05) is 57.9 Å². The number of amides is 1. The average molecular weight is 723 g/mol. The fourth-order valence-electron chi connectivity index (χ4n) is 6.37. The molecule has 5 aromatic carbocycles. The summed E-state index contributed by atoms with van der Waals surface area (Å²) in [5.74, 6) is -0.235. The molecule has 1 aliphatic rings. The van der Waals surface area contributed by atoms with Crippen molar-refractivity contribution in [3.05, 3.63) is 161 Å². The van der Waals surface area contributed by atoms with Crippen LogP contribution in [0.25, 0.3) is 0 Å². The number of nitrogens with one attached hydrogen (secondary N) is 1. The monoisotopic (exact) mass is 722 g/mol. The molecule has 0 aromatic heterocycles. The van der Waals surface area contributed by atoms with Gasteiger partial charge in [-0.2, -0.15) is 8.61 Å². The second kappa shape index (κ2) is 15.7. The predicted molar refractivity (Wildman–Crippen MR) is 200 cm³/mol. The molecule has 1 unspecified atom stereocenters. The third kappa shape index (κ3) is 8.81. The van der Waals surface area contributed by atoms with Crippen LogP contribution in [0.15, 0.2) is 143 Å². The Bertz CT molecular complexity index is 2160. The van der Waals surface area contributed by atoms with Crippen LogP contribution in [0, 0.1) is 6.92 Å². The lowest BCUT2D eigenvalue weighted by molar-refractivity contribution is -0.114. The Morgan fingerprint density at radius 2 is 1.29 bits per heavy atom. The second-order valence-electron chi connectivity index (χ2n) is 12.9. The highest BCUT2D eigenvalue weighted by Gasteiger charge is 2.35. The molecule has 51 heavy (non-hydrogen) atoms. The summed E-state index contributed by atoms with van der Waals surface area (Å²) in [6.07, 6.45) is 0. The van der Waals surface area contributed by atoms with Gasteiger partial charge in [0.2, 0.25) is 26.0 Å². The highest BCUT2D eigenvalue weighted by atomic mass is 32.2. The van der Waals surface area contributed by atoms with Crippen molar-refractivity contribution in [3.8, 4) is 0 Å². The van der Waals surface area contributed by atoms with E-state index in [9.17, 15) is 21.6 Å². The Morgan fingerprint density at radius 3 is 1.94 bits per heavy atom. The molecule has 264 valence electrons. The highest BCUT2D eigenvalue weighted by Crippen LogP contribution is 2.32. The molecule has 1 amide bonds. The van der Waals surface area contributed by atoms with Crippen molar-refractivity contribution in [1.82, 2.24) is 13.5 Å². The van der Waals surface area contributed by atoms with Crippen LogP contribution in [0.1, 0.15) is 40.8 Å². The number of carbonyl (C=O) groups is 1. The van der Waals surface area contributed by atoms with Crippen LogP contribution in [0.2, 0.25) is 0 Å². The van der Waals surface area contributed by atoms with Gasteiger partial charge in [-0.3, -0.25) is 9.69 Å². The maximum absolute atomic E-state index is 14.1. The van der Waals surface area contributed by atoms with Crippen molar-refractivity contribution < 1.29 is 21.6 Å². The summed E-state index contributed by atoms with van der Waals surface area (Å²) in [6.45, 7) is 5.28. The van der Waals surface area contributed by atoms with Gasteiger partial charge < -0.3 is 5.32 Å². The predicted octanol–water partition coefficient (Wildman–Crippen LogP) is 6.59. The molecule has 1 N–H and O–H groups in total. The van der Waals surface area contributed by atoms with Crippen molar-refractivity contribution in [2.45, 2.75) is 49.3 Å². The van der Waals surface area contributed by atoms with Gasteiger partial charge in [0.05, 0.1) is 9.79 Å². The van der Waals surface area contributed by atoms with Gasteiger partial charge in [-0.15, -0.1) is 0 Å². The molecule has 9 nitrogen and oxygen atoms in total. The van der Waals surface area contributed by atoms with Crippen molar-refractivity contribution in [3.63, 3.8) is 0 Å². The summed E-state index contributed by atoms with van der Waals surface area (Å²) in [7, 11) is -7.71. The number of nitrogens with zero attached hydrogens (tertiary/aromatic N) is 3. The molecule has 0 radical (unpaired) electrons. The molecule has 11 heteroatoms. The molecule has 1 fully saturated rings. The molecule has 1 heterocycles. The highest BCUT2D eigenvalue weighted by molar-refractivity contribution is 7.89. The third-order valence-electron chi connectivity index (χ3n) is 9.05. The van der Waals surface area contributed by atoms with E-state index >= 15 is 0 Å². The summed E-state index contributed by atoms with van der Waals surface area (Å²) in [5, 5.41) is 2.68. The summed E-state index contributed by atoms with van der Waals surface area (Å²) < 4.78 is 59.1. The molecule has 0 saturated carbocycles. The van der Waals surface area contributed by atoms with Crippen LogP contribution in [0.5, 0.6) is 0 Å². The van der Waals surface area contributed by atoms with Crippen LogP contribution >= 0.6 is 0 Å². The Balaban J connectivity index is 1.32. The average Bonchev–Trinajstić information content (AvgIpc) is 3.12. The molecule has 1 atom stereocenters. The standard InChI is InChI=1S/C40H42N4O5S2/c1-31-16-20-38(21-17-31)51(48,49)44(28-34-12-7-4-8-13-34)29-35-14-9-15-36(26-35)40-30-43(25-24-42(40)27-33-10-5-3-6-11-33)50(46,47)39-22-18-37(19-23-39)41-32(2)45/h3-23,26,40H,24-25,27-30H2,1-2H3,(H,41,45). The first-order valence-corrected chi connectivity index (χ1v) is 19.7. The number of hydrogen-bond acceptors (Lipinski definition) is 6. The van der Waals surface area contributed by atoms with Crippen LogP contribution in [-0.2, 0) is 44.5 Å². The Hall–Kier alpha value is -4.65. The molecule has 0 bridgehead atoms. The summed E-state index contributed by atoms with van der Waals surface area (Å²) in [6, 6.07) is 40.2. The van der Waals surface area contributed by atoms with Crippen molar-refractivity contribution in [2.24, 2.45) is 0 Å². The summed E-state index contributed by atoms with van der Waals surface area (Å²) in [4.78, 5) is 14.2. The number of hydrogen-bond donors (Lipinski definition) is 1. The number of carbonyl (C=O) groups excluding carboxylic acids is 1. The number of benzene rings is 5. The zero-order valence-electron chi connectivity index (χ0n) is 28.7. The van der Waals surface area contributed by atoms with Crippen molar-refractivity contribution >= 4 is 31.6 Å². The van der Waals surface area contributed by atoms with E-state index in [-0.39, 0.29) is 41.4 Å². The summed E-state index contributed by atoms with van der Waals surface area (Å²) in [5.41, 5.74) is 5.18. The molecule has 5 aromatic rings. The van der Waals surface area contributed by atoms with Gasteiger partial charge in [0.1, 0.15) is 0 Å². The maximum atomic E-state index is 14.1. The lowest BCUT2D eigenvalue weighted by Gasteiger charge is -2.41. The Kier molecular flexibility index (Phi) is 11.1. The van der Waals surface area contributed by atoms with Gasteiger partial charge in [0.25, 0.3) is 0 Å². The van der Waals surface area contributed by atoms with E-state index in [2.05, 4.69) is 22.3 Å². The second-order valence-corrected chi connectivity index (χ2v) is 16.7. The smallest absolute Gasteiger partial charge is 0.243 e. The molecule has 1 saturated heterocycles. The first-order valence-electron chi connectivity index (χ1n) is 16.8. The zero-order valence-corrected chi connectivity index (χ0v) is 30.4. The van der Waals surface area contributed by atoms with Crippen molar-refractivity contribution in [1.29, 1.82) is 0 Å². The van der Waals surface area contributed by atoms with E-state index in [4.69, 9.17) is 0 Å². The van der Waals surface area contributed by atoms with E-state index in [1.165, 1.54) is 27.7 Å². The number of rotatable bonds is 12. The van der Waals surface area contributed by atoms with Crippen molar-refractivity contribution in [2.75, 3.05) is 25.0 Å². The van der Waals surface area contributed by atoms with E-state index < -0.39 is 20.0 Å². The first kappa shape index (κ1) is 36.2. The minimum absolute atomic E-state index is 0.132. The maximum Gasteiger partial charge on any atom is 0.243 e. The van der Waals surface area contributed by atoms with Crippen LogP contribution < -0.4 is 5.32 Å². The largest absolute Gasteiger partial charge is 0.326 e. The topological polar surface area (TPSA) is 107 Å². The zero-order chi connectivity index (χ0) is 36.0. The normalized spacial score (nSPS) is 15.9. The number of aryl methyl sites for hydroxylation is 1. The Morgan fingerprint density at radius 1 is 0.706 bits per heavy atom. The number of anilines is 1. The van der Waals surface area contributed by atoms with E-state index in [0.717, 1.165) is 27.8 Å². The van der Waals surface area contributed by atoms with Crippen LogP contribution in [0.3, 0.4) is 0 Å². The van der Waals surface area contributed by atoms with Gasteiger partial charge >= 0.3 is 0 Å². The SMILES string of the molecule is CC(=O)Nc1ccc(S(=O)(=O)N2CCN(Cc3ccccc3)C(c3cccc(CN(Cc4ccccc4)S(=O)(=O)c4ccc(C)cc4)c3)C2)cc1. The number of piperazine rings is 1. The fourth-order valence-corrected chi connectivity index (χ4v) is 9.23. The van der Waals surface area contributed by atoms with Gasteiger partial charge in [-0.1, -0.05) is 103 Å². The van der Waals surface area contributed by atoms with E-state index in [1.54, 1.807) is 36.4 Å². The minimum Gasteiger partial charge on any atom is -0.326 e. The molecule has 0 spiro atoms. The van der Waals surface area contributed by atoms with E-state index in [0.29, 0.717) is 25.3 Å². The minimum atomic E-state index is -3.86. The summed E-state index contributed by atoms with van der Waals surface area (Å²) >= 11 is 0. The lowest BCUT2D eigenvalue weighted by Crippen LogP contribution is -2.50.